The molecule has 0 bridgehead atoms. The van der Waals surface area contributed by atoms with Crippen LogP contribution in [0, 0.1) is 0 Å². The molecule has 0 spiro atoms. The number of esters is 1. The van der Waals surface area contributed by atoms with E-state index in [4.69, 9.17) is 9.47 Å². The molecule has 5 nitrogen and oxygen atoms in total. The van der Waals surface area contributed by atoms with Crippen LogP contribution in [0.5, 0.6) is 5.75 Å². The van der Waals surface area contributed by atoms with E-state index in [0.29, 0.717) is 30.0 Å². The lowest BCUT2D eigenvalue weighted by Crippen LogP contribution is -2.28. The maximum Gasteiger partial charge on any atom is 0.341 e. The molecule has 1 aliphatic heterocycles. The molecule has 1 aromatic heterocycles. The average molecular weight is 350 g/mol. The van der Waals surface area contributed by atoms with Crippen LogP contribution >= 0.6 is 0 Å². The second-order valence-electron chi connectivity index (χ2n) is 6.11. The Balaban J connectivity index is 2.07. The van der Waals surface area contributed by atoms with Crippen molar-refractivity contribution in [2.75, 3.05) is 32.2 Å². The monoisotopic (exact) mass is 350 g/mol. The number of pyridine rings is 1. The van der Waals surface area contributed by atoms with Gasteiger partial charge in [-0.15, -0.1) is 0 Å². The Bertz CT molecular complexity index is 795. The van der Waals surface area contributed by atoms with Crippen LogP contribution in [0.2, 0.25) is 0 Å². The number of alkyl halides is 2. The SMILES string of the molecule is COC(=O)c1cc2cc(OC)ccc2nc1N1CCCC(F)(F)CC1. The normalized spacial score (nSPS) is 17.2. The van der Waals surface area contributed by atoms with Crippen molar-refractivity contribution in [3.05, 3.63) is 29.8 Å². The lowest BCUT2D eigenvalue weighted by Gasteiger charge is -2.24. The zero-order valence-electron chi connectivity index (χ0n) is 14.2. The fraction of sp³-hybridized carbons (Fsp3) is 0.444. The number of carbonyl (C=O) groups is 1. The van der Waals surface area contributed by atoms with Crippen molar-refractivity contribution < 1.29 is 23.0 Å². The maximum absolute atomic E-state index is 13.7. The summed E-state index contributed by atoms with van der Waals surface area (Å²) in [6.07, 6.45) is -0.0618. The van der Waals surface area contributed by atoms with Crippen LogP contribution in [-0.2, 0) is 4.74 Å². The standard InChI is InChI=1S/C18H20F2N2O3/c1-24-13-4-5-15-12(10-13)11-14(17(23)25-2)16(21-15)22-8-3-6-18(19,20)7-9-22/h4-5,10-11H,3,6-9H2,1-2H3. The number of ether oxygens (including phenoxy) is 2. The van der Waals surface area contributed by atoms with Crippen LogP contribution in [0.3, 0.4) is 0 Å². The van der Waals surface area contributed by atoms with Gasteiger partial charge in [0.2, 0.25) is 5.92 Å². The Kier molecular flexibility index (Phi) is 4.74. The molecule has 0 N–H and O–H groups in total. The van der Waals surface area contributed by atoms with Crippen molar-refractivity contribution in [3.63, 3.8) is 0 Å². The summed E-state index contributed by atoms with van der Waals surface area (Å²) in [6, 6.07) is 7.00. The van der Waals surface area contributed by atoms with E-state index < -0.39 is 11.9 Å². The molecular weight excluding hydrogens is 330 g/mol. The van der Waals surface area contributed by atoms with Gasteiger partial charge < -0.3 is 14.4 Å². The van der Waals surface area contributed by atoms with E-state index >= 15 is 0 Å². The van der Waals surface area contributed by atoms with E-state index in [1.807, 2.05) is 0 Å². The number of carbonyl (C=O) groups excluding carboxylic acids is 1. The zero-order valence-corrected chi connectivity index (χ0v) is 14.2. The minimum absolute atomic E-state index is 0.144. The van der Waals surface area contributed by atoms with E-state index in [1.165, 1.54) is 7.11 Å². The Hall–Kier alpha value is -2.44. The molecule has 3 rings (SSSR count). The van der Waals surface area contributed by atoms with Crippen molar-refractivity contribution in [3.8, 4) is 5.75 Å². The van der Waals surface area contributed by atoms with Gasteiger partial charge in [0.1, 0.15) is 17.1 Å². The number of nitrogens with zero attached hydrogens (tertiary/aromatic N) is 2. The van der Waals surface area contributed by atoms with Crippen molar-refractivity contribution in [1.82, 2.24) is 4.98 Å². The number of fused-ring (bicyclic) bond motifs is 1. The Morgan fingerprint density at radius 3 is 2.72 bits per heavy atom. The fourth-order valence-corrected chi connectivity index (χ4v) is 3.05. The molecule has 0 atom stereocenters. The number of methoxy groups -OCH3 is 2. The Morgan fingerprint density at radius 1 is 1.20 bits per heavy atom. The van der Waals surface area contributed by atoms with Crippen LogP contribution in [0.15, 0.2) is 24.3 Å². The highest BCUT2D eigenvalue weighted by atomic mass is 19.3. The highest BCUT2D eigenvalue weighted by Crippen LogP contribution is 2.32. The summed E-state index contributed by atoms with van der Waals surface area (Å²) in [5, 5.41) is 0.726. The molecule has 2 aromatic rings. The molecule has 1 saturated heterocycles. The number of hydrogen-bond donors (Lipinski definition) is 0. The van der Waals surface area contributed by atoms with Gasteiger partial charge in [0.15, 0.2) is 0 Å². The molecule has 0 unspecified atom stereocenters. The molecule has 134 valence electrons. The molecule has 7 heteroatoms. The smallest absolute Gasteiger partial charge is 0.341 e. The lowest BCUT2D eigenvalue weighted by molar-refractivity contribution is -0.0102. The third kappa shape index (κ3) is 3.65. The van der Waals surface area contributed by atoms with E-state index in [2.05, 4.69) is 4.98 Å². The highest BCUT2D eigenvalue weighted by molar-refractivity contribution is 5.99. The van der Waals surface area contributed by atoms with Crippen LogP contribution < -0.4 is 9.64 Å². The zero-order chi connectivity index (χ0) is 18.0. The average Bonchev–Trinajstić information content (AvgIpc) is 2.80. The van der Waals surface area contributed by atoms with E-state index in [9.17, 15) is 13.6 Å². The molecule has 1 aromatic carbocycles. The van der Waals surface area contributed by atoms with Crippen molar-refractivity contribution in [2.45, 2.75) is 25.2 Å². The Labute approximate surface area is 144 Å². The van der Waals surface area contributed by atoms with Gasteiger partial charge in [-0.3, -0.25) is 0 Å². The molecule has 0 saturated carbocycles. The number of aromatic nitrogens is 1. The van der Waals surface area contributed by atoms with Crippen molar-refractivity contribution in [1.29, 1.82) is 0 Å². The quantitative estimate of drug-likeness (QED) is 0.791. The van der Waals surface area contributed by atoms with Gasteiger partial charge in [-0.25, -0.2) is 18.6 Å². The first-order valence-corrected chi connectivity index (χ1v) is 8.13. The lowest BCUT2D eigenvalue weighted by atomic mass is 10.1. The second kappa shape index (κ2) is 6.82. The summed E-state index contributed by atoms with van der Waals surface area (Å²) in [4.78, 5) is 18.5. The van der Waals surface area contributed by atoms with Crippen LogP contribution in [0.4, 0.5) is 14.6 Å². The summed E-state index contributed by atoms with van der Waals surface area (Å²) < 4.78 is 37.4. The number of rotatable bonds is 3. The summed E-state index contributed by atoms with van der Waals surface area (Å²) in [5.41, 5.74) is 0.938. The molecule has 0 aliphatic carbocycles. The minimum atomic E-state index is -2.68. The number of benzene rings is 1. The predicted octanol–water partition coefficient (Wildman–Crippen LogP) is 3.66. The molecule has 25 heavy (non-hydrogen) atoms. The van der Waals surface area contributed by atoms with Gasteiger partial charge in [0.05, 0.1) is 19.7 Å². The summed E-state index contributed by atoms with van der Waals surface area (Å²) in [6.45, 7) is 0.569. The maximum atomic E-state index is 13.7. The summed E-state index contributed by atoms with van der Waals surface area (Å²) >= 11 is 0. The second-order valence-corrected chi connectivity index (χ2v) is 6.11. The van der Waals surface area contributed by atoms with Gasteiger partial charge >= 0.3 is 5.97 Å². The number of hydrogen-bond acceptors (Lipinski definition) is 5. The van der Waals surface area contributed by atoms with Crippen LogP contribution in [0.25, 0.3) is 10.9 Å². The molecule has 2 heterocycles. The number of halogens is 2. The Morgan fingerprint density at radius 2 is 2.00 bits per heavy atom. The first-order valence-electron chi connectivity index (χ1n) is 8.13. The molecular formula is C18H20F2N2O3. The third-order valence-electron chi connectivity index (χ3n) is 4.42. The van der Waals surface area contributed by atoms with Gasteiger partial charge in [-0.2, -0.15) is 0 Å². The van der Waals surface area contributed by atoms with Gasteiger partial charge in [0.25, 0.3) is 0 Å². The molecule has 0 radical (unpaired) electrons. The molecule has 0 amide bonds. The predicted molar refractivity (Wildman–Crippen MR) is 90.6 cm³/mol. The minimum Gasteiger partial charge on any atom is -0.497 e. The van der Waals surface area contributed by atoms with Gasteiger partial charge in [-0.05, 0) is 30.7 Å². The van der Waals surface area contributed by atoms with Crippen molar-refractivity contribution >= 4 is 22.7 Å². The highest BCUT2D eigenvalue weighted by Gasteiger charge is 2.33. The topological polar surface area (TPSA) is 51.7 Å². The van der Waals surface area contributed by atoms with E-state index in [0.717, 1.165) is 5.39 Å². The summed E-state index contributed by atoms with van der Waals surface area (Å²) in [7, 11) is 2.85. The largest absolute Gasteiger partial charge is 0.497 e. The molecule has 1 fully saturated rings. The van der Waals surface area contributed by atoms with E-state index in [1.54, 1.807) is 36.3 Å². The fourth-order valence-electron chi connectivity index (χ4n) is 3.05. The van der Waals surface area contributed by atoms with Crippen LogP contribution in [-0.4, -0.2) is 44.2 Å². The number of anilines is 1. The third-order valence-corrected chi connectivity index (χ3v) is 4.42. The first-order chi connectivity index (χ1) is 11.9. The molecule has 1 aliphatic rings. The van der Waals surface area contributed by atoms with E-state index in [-0.39, 0.29) is 24.9 Å². The first kappa shape index (κ1) is 17.4. The van der Waals surface area contributed by atoms with Gasteiger partial charge in [-0.1, -0.05) is 0 Å². The van der Waals surface area contributed by atoms with Crippen LogP contribution in [0.1, 0.15) is 29.6 Å². The van der Waals surface area contributed by atoms with Gasteiger partial charge in [0, 0.05) is 31.3 Å². The van der Waals surface area contributed by atoms with Crippen molar-refractivity contribution in [2.24, 2.45) is 0 Å². The summed E-state index contributed by atoms with van der Waals surface area (Å²) in [5.74, 6) is -2.18.